The molecule has 0 atom stereocenters. The van der Waals surface area contributed by atoms with Crippen LogP contribution in [0.2, 0.25) is 0 Å². The van der Waals surface area contributed by atoms with Gasteiger partial charge in [0.25, 0.3) is 0 Å². The van der Waals surface area contributed by atoms with Crippen LogP contribution in [0.15, 0.2) is 29.3 Å². The second kappa shape index (κ2) is 10.6. The van der Waals surface area contributed by atoms with E-state index in [4.69, 9.17) is 0 Å². The van der Waals surface area contributed by atoms with E-state index in [1.807, 2.05) is 25.1 Å². The maximum Gasteiger partial charge on any atom is 0.390 e. The van der Waals surface area contributed by atoms with Gasteiger partial charge in [0.2, 0.25) is 5.91 Å². The molecule has 1 aromatic carbocycles. The Balaban J connectivity index is 0.00000338. The summed E-state index contributed by atoms with van der Waals surface area (Å²) in [5.74, 6) is 0.0834. The molecule has 9 heteroatoms. The van der Waals surface area contributed by atoms with Gasteiger partial charge in [-0.05, 0) is 24.5 Å². The average molecular weight is 484 g/mol. The van der Waals surface area contributed by atoms with Crippen molar-refractivity contribution in [3.63, 3.8) is 0 Å². The highest BCUT2D eigenvalue weighted by atomic mass is 127. The average Bonchev–Trinajstić information content (AvgIpc) is 2.58. The van der Waals surface area contributed by atoms with Gasteiger partial charge < -0.3 is 15.5 Å². The van der Waals surface area contributed by atoms with Crippen molar-refractivity contribution in [1.82, 2.24) is 15.5 Å². The van der Waals surface area contributed by atoms with E-state index in [0.717, 1.165) is 12.0 Å². The molecule has 0 aromatic heterocycles. The van der Waals surface area contributed by atoms with Crippen molar-refractivity contribution >= 4 is 35.8 Å². The molecule has 1 aliphatic rings. The van der Waals surface area contributed by atoms with Gasteiger partial charge in [-0.3, -0.25) is 4.79 Å². The third-order valence-corrected chi connectivity index (χ3v) is 3.90. The third-order valence-electron chi connectivity index (χ3n) is 3.90. The van der Waals surface area contributed by atoms with Crippen molar-refractivity contribution in [2.75, 3.05) is 26.2 Å². The molecule has 0 aliphatic carbocycles. The number of rotatable bonds is 5. The third kappa shape index (κ3) is 7.38. The summed E-state index contributed by atoms with van der Waals surface area (Å²) in [4.78, 5) is 18.2. The molecule has 0 spiro atoms. The fraction of sp³-hybridized carbons (Fsp3) is 0.529. The molecule has 146 valence electrons. The van der Waals surface area contributed by atoms with E-state index in [9.17, 15) is 18.0 Å². The monoisotopic (exact) mass is 484 g/mol. The minimum Gasteiger partial charge on any atom is -0.357 e. The number of nitrogens with zero attached hydrogens (tertiary/aromatic N) is 2. The van der Waals surface area contributed by atoms with Crippen molar-refractivity contribution in [3.05, 3.63) is 35.4 Å². The van der Waals surface area contributed by atoms with Gasteiger partial charge in [0.1, 0.15) is 6.54 Å². The summed E-state index contributed by atoms with van der Waals surface area (Å²) in [5.41, 5.74) is 2.37. The van der Waals surface area contributed by atoms with E-state index in [0.29, 0.717) is 19.6 Å². The summed E-state index contributed by atoms with van der Waals surface area (Å²) < 4.78 is 36.6. The van der Waals surface area contributed by atoms with Crippen molar-refractivity contribution in [1.29, 1.82) is 0 Å². The fourth-order valence-corrected chi connectivity index (χ4v) is 2.62. The van der Waals surface area contributed by atoms with E-state index < -0.39 is 12.6 Å². The SMILES string of the molecule is CCNC(=NCC(=O)N1CCc2ccccc2C1)NCCC(F)(F)F.I. The fourth-order valence-electron chi connectivity index (χ4n) is 2.62. The summed E-state index contributed by atoms with van der Waals surface area (Å²) in [6.45, 7) is 3.11. The molecule has 0 radical (unpaired) electrons. The van der Waals surface area contributed by atoms with Crippen LogP contribution in [0.25, 0.3) is 0 Å². The highest BCUT2D eigenvalue weighted by Crippen LogP contribution is 2.19. The number of fused-ring (bicyclic) bond motifs is 1. The lowest BCUT2D eigenvalue weighted by atomic mass is 10.00. The van der Waals surface area contributed by atoms with Crippen LogP contribution in [0.5, 0.6) is 0 Å². The Labute approximate surface area is 168 Å². The molecular formula is C17H24F3IN4O. The summed E-state index contributed by atoms with van der Waals surface area (Å²) >= 11 is 0. The Bertz CT molecular complexity index is 622. The number of carbonyl (C=O) groups is 1. The van der Waals surface area contributed by atoms with Gasteiger partial charge in [0.15, 0.2) is 5.96 Å². The molecule has 0 saturated heterocycles. The molecule has 1 aliphatic heterocycles. The van der Waals surface area contributed by atoms with Crippen molar-refractivity contribution in [2.45, 2.75) is 32.5 Å². The Morgan fingerprint density at radius 1 is 1.23 bits per heavy atom. The molecule has 0 bridgehead atoms. The van der Waals surface area contributed by atoms with Crippen LogP contribution < -0.4 is 10.6 Å². The molecule has 1 heterocycles. The lowest BCUT2D eigenvalue weighted by molar-refractivity contribution is -0.133. The van der Waals surface area contributed by atoms with E-state index in [1.54, 1.807) is 4.90 Å². The van der Waals surface area contributed by atoms with Crippen molar-refractivity contribution in [2.24, 2.45) is 4.99 Å². The van der Waals surface area contributed by atoms with Gasteiger partial charge in [-0.2, -0.15) is 13.2 Å². The summed E-state index contributed by atoms with van der Waals surface area (Å²) in [6.07, 6.45) is -4.37. The number of alkyl halides is 3. The number of carbonyl (C=O) groups excluding carboxylic acids is 1. The second-order valence-electron chi connectivity index (χ2n) is 5.82. The molecule has 2 N–H and O–H groups in total. The van der Waals surface area contributed by atoms with Gasteiger partial charge in [-0.1, -0.05) is 24.3 Å². The zero-order chi connectivity index (χ0) is 18.3. The molecular weight excluding hydrogens is 460 g/mol. The van der Waals surface area contributed by atoms with Gasteiger partial charge in [-0.25, -0.2) is 4.99 Å². The number of aliphatic imine (C=N–C) groups is 1. The molecule has 26 heavy (non-hydrogen) atoms. The maximum atomic E-state index is 12.3. The zero-order valence-electron chi connectivity index (χ0n) is 14.6. The van der Waals surface area contributed by atoms with Crippen LogP contribution >= 0.6 is 24.0 Å². The topological polar surface area (TPSA) is 56.7 Å². The van der Waals surface area contributed by atoms with Gasteiger partial charge >= 0.3 is 6.18 Å². The zero-order valence-corrected chi connectivity index (χ0v) is 16.9. The first kappa shape index (κ1) is 22.5. The van der Waals surface area contributed by atoms with Crippen molar-refractivity contribution in [3.8, 4) is 0 Å². The van der Waals surface area contributed by atoms with Gasteiger partial charge in [0, 0.05) is 26.2 Å². The van der Waals surface area contributed by atoms with Gasteiger partial charge in [0.05, 0.1) is 6.42 Å². The molecule has 0 unspecified atom stereocenters. The minimum absolute atomic E-state index is 0. The predicted octanol–water partition coefficient (Wildman–Crippen LogP) is 2.70. The Hall–Kier alpha value is -1.52. The normalized spacial score (nSPS) is 14.3. The number of halogens is 4. The van der Waals surface area contributed by atoms with E-state index >= 15 is 0 Å². The number of hydrogen-bond acceptors (Lipinski definition) is 2. The molecule has 1 amide bonds. The molecule has 0 saturated carbocycles. The van der Waals surface area contributed by atoms with Crippen LogP contribution in [0, 0.1) is 0 Å². The standard InChI is InChI=1S/C17H23F3N4O.HI/c1-2-21-16(22-9-8-17(18,19)20)23-11-15(25)24-10-7-13-5-3-4-6-14(13)12-24;/h3-6H,2,7-12H2,1H3,(H2,21,22,23);1H. The molecule has 2 rings (SSSR count). The highest BCUT2D eigenvalue weighted by Gasteiger charge is 2.26. The summed E-state index contributed by atoms with van der Waals surface area (Å²) in [5, 5.41) is 5.44. The van der Waals surface area contributed by atoms with E-state index in [2.05, 4.69) is 21.7 Å². The Kier molecular flexibility index (Phi) is 9.17. The summed E-state index contributed by atoms with van der Waals surface area (Å²) in [7, 11) is 0. The molecule has 1 aromatic rings. The first-order chi connectivity index (χ1) is 11.9. The number of hydrogen-bond donors (Lipinski definition) is 2. The lowest BCUT2D eigenvalue weighted by Crippen LogP contribution is -2.41. The second-order valence-corrected chi connectivity index (χ2v) is 5.82. The number of amides is 1. The van der Waals surface area contributed by atoms with Crippen LogP contribution in [0.3, 0.4) is 0 Å². The van der Waals surface area contributed by atoms with Crippen LogP contribution in [0.1, 0.15) is 24.5 Å². The summed E-state index contributed by atoms with van der Waals surface area (Å²) in [6, 6.07) is 7.98. The van der Waals surface area contributed by atoms with Crippen molar-refractivity contribution < 1.29 is 18.0 Å². The van der Waals surface area contributed by atoms with E-state index in [-0.39, 0.29) is 48.9 Å². The smallest absolute Gasteiger partial charge is 0.357 e. The predicted molar refractivity (Wildman–Crippen MR) is 106 cm³/mol. The largest absolute Gasteiger partial charge is 0.390 e. The number of benzene rings is 1. The van der Waals surface area contributed by atoms with Crippen LogP contribution in [-0.2, 0) is 17.8 Å². The van der Waals surface area contributed by atoms with Crippen LogP contribution in [0.4, 0.5) is 13.2 Å². The minimum atomic E-state index is -4.22. The highest BCUT2D eigenvalue weighted by molar-refractivity contribution is 14.0. The Morgan fingerprint density at radius 2 is 1.92 bits per heavy atom. The first-order valence-corrected chi connectivity index (χ1v) is 8.32. The Morgan fingerprint density at radius 3 is 2.58 bits per heavy atom. The number of nitrogens with one attached hydrogen (secondary N) is 2. The van der Waals surface area contributed by atoms with Crippen LogP contribution in [-0.4, -0.2) is 49.1 Å². The van der Waals surface area contributed by atoms with E-state index in [1.165, 1.54) is 5.56 Å². The molecule has 5 nitrogen and oxygen atoms in total. The lowest BCUT2D eigenvalue weighted by Gasteiger charge is -2.28. The maximum absolute atomic E-state index is 12.3. The van der Waals surface area contributed by atoms with Gasteiger partial charge in [-0.15, -0.1) is 24.0 Å². The first-order valence-electron chi connectivity index (χ1n) is 8.32. The quantitative estimate of drug-likeness (QED) is 0.384. The molecule has 0 fully saturated rings. The number of guanidine groups is 1.